The number of anilines is 2. The molecule has 0 saturated carbocycles. The summed E-state index contributed by atoms with van der Waals surface area (Å²) in [5.74, 6) is -0.0467. The van der Waals surface area contributed by atoms with Crippen molar-refractivity contribution in [1.82, 2.24) is 15.2 Å². The predicted octanol–water partition coefficient (Wildman–Crippen LogP) is 0.908. The molecule has 0 saturated heterocycles. The average Bonchev–Trinajstić information content (AvgIpc) is 2.32. The van der Waals surface area contributed by atoms with Crippen molar-refractivity contribution in [3.63, 3.8) is 0 Å². The van der Waals surface area contributed by atoms with Crippen LogP contribution in [0.2, 0.25) is 5.15 Å². The minimum atomic E-state index is -3.84. The van der Waals surface area contributed by atoms with Gasteiger partial charge in [-0.2, -0.15) is 0 Å². The lowest BCUT2D eigenvalue weighted by molar-refractivity contribution is 0.601. The van der Waals surface area contributed by atoms with Crippen LogP contribution in [0.5, 0.6) is 0 Å². The number of nitrogens with zero attached hydrogens (tertiary/aromatic N) is 3. The zero-order chi connectivity index (χ0) is 13.2. The quantitative estimate of drug-likeness (QED) is 0.867. The second-order valence-electron chi connectivity index (χ2n) is 3.23. The Morgan fingerprint density at radius 2 is 2.00 bits per heavy atom. The number of pyridine rings is 1. The molecular weight excluding hydrogens is 278 g/mol. The Bertz CT molecular complexity index is 659. The first-order chi connectivity index (χ1) is 8.49. The topological polar surface area (TPSA) is 111 Å². The highest BCUT2D eigenvalue weighted by Crippen LogP contribution is 2.18. The van der Waals surface area contributed by atoms with E-state index < -0.39 is 10.0 Å². The van der Waals surface area contributed by atoms with Crippen LogP contribution in [0.15, 0.2) is 35.4 Å². The molecule has 2 heterocycles. The van der Waals surface area contributed by atoms with Gasteiger partial charge in [-0.05, 0) is 24.3 Å². The summed E-state index contributed by atoms with van der Waals surface area (Å²) in [5, 5.41) is 7.27. The van der Waals surface area contributed by atoms with Crippen LogP contribution in [0.4, 0.5) is 11.6 Å². The van der Waals surface area contributed by atoms with Gasteiger partial charge in [-0.15, -0.1) is 10.2 Å². The van der Waals surface area contributed by atoms with Crippen LogP contribution in [-0.4, -0.2) is 23.6 Å². The molecule has 0 radical (unpaired) electrons. The highest BCUT2D eigenvalue weighted by Gasteiger charge is 2.18. The Morgan fingerprint density at radius 3 is 2.61 bits per heavy atom. The van der Waals surface area contributed by atoms with Crippen LogP contribution < -0.4 is 10.5 Å². The van der Waals surface area contributed by atoms with Crippen molar-refractivity contribution >= 4 is 33.3 Å². The lowest BCUT2D eigenvalue weighted by atomic mass is 10.5. The number of halogens is 1. The van der Waals surface area contributed by atoms with Crippen LogP contribution in [0.3, 0.4) is 0 Å². The molecule has 0 aromatic carbocycles. The number of nitrogen functional groups attached to an aromatic ring is 1. The fourth-order valence-corrected chi connectivity index (χ4v) is 2.37. The van der Waals surface area contributed by atoms with Crippen molar-refractivity contribution < 1.29 is 8.42 Å². The highest BCUT2D eigenvalue weighted by atomic mass is 35.5. The summed E-state index contributed by atoms with van der Waals surface area (Å²) in [6.07, 6.45) is 1.40. The van der Waals surface area contributed by atoms with E-state index in [9.17, 15) is 8.42 Å². The lowest BCUT2D eigenvalue weighted by Crippen LogP contribution is -2.16. The Kier molecular flexibility index (Phi) is 3.30. The minimum absolute atomic E-state index is 0.0441. The number of sulfonamides is 1. The van der Waals surface area contributed by atoms with Crippen LogP contribution >= 0.6 is 11.6 Å². The number of hydrogen-bond donors (Lipinski definition) is 2. The van der Waals surface area contributed by atoms with Crippen molar-refractivity contribution in [2.24, 2.45) is 0 Å². The molecule has 2 aromatic rings. The Hall–Kier alpha value is -1.93. The molecule has 0 aliphatic heterocycles. The van der Waals surface area contributed by atoms with Gasteiger partial charge in [0.05, 0.1) is 0 Å². The summed E-state index contributed by atoms with van der Waals surface area (Å²) in [6, 6.07) is 5.62. The summed E-state index contributed by atoms with van der Waals surface area (Å²) in [5.41, 5.74) is 5.50. The number of aromatic nitrogens is 3. The molecular formula is C9H8ClN5O2S. The van der Waals surface area contributed by atoms with Gasteiger partial charge in [-0.1, -0.05) is 11.6 Å². The summed E-state index contributed by atoms with van der Waals surface area (Å²) >= 11 is 5.54. The van der Waals surface area contributed by atoms with Crippen molar-refractivity contribution in [2.45, 2.75) is 4.90 Å². The van der Waals surface area contributed by atoms with E-state index >= 15 is 0 Å². The molecule has 2 rings (SSSR count). The number of rotatable bonds is 3. The fraction of sp³-hybridized carbons (Fsp3) is 0. The van der Waals surface area contributed by atoms with Gasteiger partial charge in [-0.3, -0.25) is 4.72 Å². The highest BCUT2D eigenvalue weighted by molar-refractivity contribution is 7.92. The summed E-state index contributed by atoms with van der Waals surface area (Å²) in [4.78, 5) is 3.58. The Morgan fingerprint density at radius 1 is 1.22 bits per heavy atom. The molecule has 0 amide bonds. The largest absolute Gasteiger partial charge is 0.383 e. The van der Waals surface area contributed by atoms with Gasteiger partial charge in [0.15, 0.2) is 11.0 Å². The molecule has 18 heavy (non-hydrogen) atoms. The first kappa shape index (κ1) is 12.5. The zero-order valence-corrected chi connectivity index (χ0v) is 10.5. The van der Waals surface area contributed by atoms with Crippen LogP contribution in [-0.2, 0) is 10.0 Å². The lowest BCUT2D eigenvalue weighted by Gasteiger charge is -2.07. The number of nitrogens with one attached hydrogen (secondary N) is 1. The van der Waals surface area contributed by atoms with E-state index in [1.165, 1.54) is 30.5 Å². The van der Waals surface area contributed by atoms with E-state index in [2.05, 4.69) is 19.9 Å². The van der Waals surface area contributed by atoms with E-state index in [0.717, 1.165) is 0 Å². The second-order valence-corrected chi connectivity index (χ2v) is 5.27. The van der Waals surface area contributed by atoms with Crippen LogP contribution in [0.1, 0.15) is 0 Å². The molecule has 3 N–H and O–H groups in total. The van der Waals surface area contributed by atoms with Gasteiger partial charge >= 0.3 is 0 Å². The molecule has 0 unspecified atom stereocenters. The molecule has 0 fully saturated rings. The molecule has 0 spiro atoms. The third kappa shape index (κ3) is 2.66. The minimum Gasteiger partial charge on any atom is -0.383 e. The number of nitrogens with two attached hydrogens (primary N) is 1. The molecule has 0 atom stereocenters. The van der Waals surface area contributed by atoms with E-state index in [1.807, 2.05) is 0 Å². The van der Waals surface area contributed by atoms with E-state index in [-0.39, 0.29) is 21.7 Å². The summed E-state index contributed by atoms with van der Waals surface area (Å²) < 4.78 is 26.2. The molecule has 7 nitrogen and oxygen atoms in total. The SMILES string of the molecule is Nc1ncccc1S(=O)(=O)Nc1ccc(Cl)nn1. The molecule has 9 heteroatoms. The third-order valence-corrected chi connectivity index (χ3v) is 3.56. The summed E-state index contributed by atoms with van der Waals surface area (Å²) in [7, 11) is -3.84. The molecule has 94 valence electrons. The number of hydrogen-bond acceptors (Lipinski definition) is 6. The standard InChI is InChI=1S/C9H8ClN5O2S/c10-7-3-4-8(14-13-7)15-18(16,17)6-2-1-5-12-9(6)11/h1-5H,(H2,11,12)(H,14,15). The first-order valence-corrected chi connectivity index (χ1v) is 6.58. The molecule has 0 aliphatic rings. The van der Waals surface area contributed by atoms with Crippen molar-refractivity contribution in [3.05, 3.63) is 35.6 Å². The molecule has 0 aliphatic carbocycles. The van der Waals surface area contributed by atoms with E-state index in [4.69, 9.17) is 17.3 Å². The maximum absolute atomic E-state index is 12.0. The van der Waals surface area contributed by atoms with Crippen molar-refractivity contribution in [2.75, 3.05) is 10.5 Å². The van der Waals surface area contributed by atoms with Gasteiger partial charge in [-0.25, -0.2) is 13.4 Å². The van der Waals surface area contributed by atoms with Gasteiger partial charge in [0, 0.05) is 6.20 Å². The molecule has 0 bridgehead atoms. The maximum Gasteiger partial charge on any atom is 0.266 e. The van der Waals surface area contributed by atoms with Gasteiger partial charge in [0.1, 0.15) is 10.7 Å². The Labute approximate surface area is 108 Å². The Balaban J connectivity index is 2.33. The van der Waals surface area contributed by atoms with Gasteiger partial charge in [0.25, 0.3) is 10.0 Å². The van der Waals surface area contributed by atoms with Crippen molar-refractivity contribution in [3.8, 4) is 0 Å². The monoisotopic (exact) mass is 285 g/mol. The first-order valence-electron chi connectivity index (χ1n) is 4.71. The van der Waals surface area contributed by atoms with Crippen LogP contribution in [0, 0.1) is 0 Å². The van der Waals surface area contributed by atoms with E-state index in [1.54, 1.807) is 0 Å². The predicted molar refractivity (Wildman–Crippen MR) is 66.5 cm³/mol. The third-order valence-electron chi connectivity index (χ3n) is 1.96. The average molecular weight is 286 g/mol. The van der Waals surface area contributed by atoms with Gasteiger partial charge < -0.3 is 5.73 Å². The normalized spacial score (nSPS) is 11.2. The summed E-state index contributed by atoms with van der Waals surface area (Å²) in [6.45, 7) is 0. The van der Waals surface area contributed by atoms with Crippen LogP contribution in [0.25, 0.3) is 0 Å². The molecule has 2 aromatic heterocycles. The van der Waals surface area contributed by atoms with Crippen molar-refractivity contribution in [1.29, 1.82) is 0 Å². The fourth-order valence-electron chi connectivity index (χ4n) is 1.19. The zero-order valence-electron chi connectivity index (χ0n) is 8.91. The van der Waals surface area contributed by atoms with E-state index in [0.29, 0.717) is 0 Å². The van der Waals surface area contributed by atoms with Gasteiger partial charge in [0.2, 0.25) is 0 Å². The second kappa shape index (κ2) is 4.75. The maximum atomic E-state index is 12.0. The smallest absolute Gasteiger partial charge is 0.266 e.